The van der Waals surface area contributed by atoms with E-state index in [1.165, 1.54) is 6.07 Å². The molecule has 44 heavy (non-hydrogen) atoms. The van der Waals surface area contributed by atoms with Gasteiger partial charge in [-0.3, -0.25) is 10.00 Å². The molecule has 0 bridgehead atoms. The molecule has 5 nitrogen and oxygen atoms in total. The minimum atomic E-state index is -4.52. The van der Waals surface area contributed by atoms with Crippen LogP contribution >= 0.6 is 24.0 Å². The van der Waals surface area contributed by atoms with E-state index >= 15 is 0 Å². The van der Waals surface area contributed by atoms with Crippen molar-refractivity contribution in [3.05, 3.63) is 148 Å². The molecule has 1 heterocycles. The van der Waals surface area contributed by atoms with Gasteiger partial charge < -0.3 is 4.74 Å². The Balaban J connectivity index is 0.00000442. The van der Waals surface area contributed by atoms with E-state index in [0.717, 1.165) is 28.5 Å². The number of rotatable bonds is 13. The molecule has 10 heteroatoms. The van der Waals surface area contributed by atoms with Gasteiger partial charge in [0.2, 0.25) is 0 Å². The monoisotopic (exact) mass is 640 g/mol. The smallest absolute Gasteiger partial charge is 0.417 e. The first-order valence-corrected chi connectivity index (χ1v) is 14.5. The normalized spacial score (nSPS) is 11.5. The van der Waals surface area contributed by atoms with Gasteiger partial charge in [-0.2, -0.15) is 18.3 Å². The molecule has 1 N–H and O–H groups in total. The lowest BCUT2D eigenvalue weighted by Crippen LogP contribution is -2.31. The van der Waals surface area contributed by atoms with Crippen molar-refractivity contribution in [1.82, 2.24) is 20.1 Å². The fourth-order valence-corrected chi connectivity index (χ4v) is 5.45. The van der Waals surface area contributed by atoms with Gasteiger partial charge in [-0.25, -0.2) is 4.98 Å². The highest BCUT2D eigenvalue weighted by Crippen LogP contribution is 2.37. The van der Waals surface area contributed by atoms with Crippen LogP contribution in [-0.2, 0) is 19.1 Å². The number of benzene rings is 4. The van der Waals surface area contributed by atoms with Crippen molar-refractivity contribution >= 4 is 24.0 Å². The molecule has 0 saturated heterocycles. The van der Waals surface area contributed by atoms with E-state index in [4.69, 9.17) is 16.3 Å². The summed E-state index contributed by atoms with van der Waals surface area (Å²) in [6.07, 6.45) is -1.72. The molecule has 0 amide bonds. The van der Waals surface area contributed by atoms with Gasteiger partial charge in [0, 0.05) is 32.0 Å². The third-order valence-corrected chi connectivity index (χ3v) is 7.68. The van der Waals surface area contributed by atoms with Crippen LogP contribution in [0.1, 0.15) is 46.0 Å². The van der Waals surface area contributed by atoms with Crippen LogP contribution in [0.2, 0.25) is 5.02 Å². The van der Waals surface area contributed by atoms with Crippen LogP contribution in [0, 0.1) is 0 Å². The van der Waals surface area contributed by atoms with Gasteiger partial charge in [0.15, 0.2) is 5.82 Å². The molecule has 0 radical (unpaired) electrons. The van der Waals surface area contributed by atoms with Gasteiger partial charge >= 0.3 is 6.18 Å². The van der Waals surface area contributed by atoms with E-state index in [2.05, 4.69) is 44.3 Å². The highest BCUT2D eigenvalue weighted by atomic mass is 35.5. The summed E-state index contributed by atoms with van der Waals surface area (Å²) in [5.41, 5.74) is 2.92. The zero-order valence-electron chi connectivity index (χ0n) is 23.9. The molecule has 230 valence electrons. The van der Waals surface area contributed by atoms with Gasteiger partial charge in [0.05, 0.1) is 17.2 Å². The summed E-state index contributed by atoms with van der Waals surface area (Å²) in [6.45, 7) is 1.90. The molecule has 5 rings (SSSR count). The van der Waals surface area contributed by atoms with Crippen LogP contribution < -0.4 is 4.74 Å². The zero-order chi connectivity index (χ0) is 30.1. The first kappa shape index (κ1) is 33.1. The summed E-state index contributed by atoms with van der Waals surface area (Å²) in [6, 6.07) is 32.2. The van der Waals surface area contributed by atoms with E-state index in [1.54, 1.807) is 12.4 Å². The van der Waals surface area contributed by atoms with E-state index < -0.39 is 11.7 Å². The quantitative estimate of drug-likeness (QED) is 0.131. The second-order valence-corrected chi connectivity index (χ2v) is 10.7. The number of ether oxygens (including phenoxy) is 1. The SMILES string of the molecule is Cl.FC(F)(F)c1cccc(CN(CCCOc2cccc(Cc3nc[nH]n3)c2)CC(c2ccccc2)c2ccccc2)c1Cl. The van der Waals surface area contributed by atoms with Crippen molar-refractivity contribution in [2.75, 3.05) is 19.7 Å². The Morgan fingerprint density at radius 1 is 0.864 bits per heavy atom. The molecule has 0 atom stereocenters. The van der Waals surface area contributed by atoms with Crippen molar-refractivity contribution in [2.24, 2.45) is 0 Å². The molecule has 4 aromatic carbocycles. The maximum Gasteiger partial charge on any atom is 0.417 e. The van der Waals surface area contributed by atoms with E-state index in [1.807, 2.05) is 60.7 Å². The molecule has 0 aliphatic heterocycles. The average molecular weight is 642 g/mol. The van der Waals surface area contributed by atoms with Crippen molar-refractivity contribution < 1.29 is 17.9 Å². The standard InChI is InChI=1S/C34H32ClF3N4O.ClH/c35-33-28(15-8-17-31(33)34(36,37)38)22-42(23-30(26-11-3-1-4-12-26)27-13-5-2-6-14-27)18-9-19-43-29-16-7-10-25(20-29)21-32-39-24-40-41-32;/h1-8,10-17,20,24,30H,9,18-19,21-23H2,(H,39,40,41);1H. The van der Waals surface area contributed by atoms with Crippen molar-refractivity contribution in [2.45, 2.75) is 31.5 Å². The molecule has 0 aliphatic carbocycles. The van der Waals surface area contributed by atoms with Crippen LogP contribution in [0.25, 0.3) is 0 Å². The average Bonchev–Trinajstić information content (AvgIpc) is 3.52. The molecule has 0 aliphatic rings. The second kappa shape index (κ2) is 15.7. The Morgan fingerprint density at radius 2 is 1.55 bits per heavy atom. The number of halogens is 5. The lowest BCUT2D eigenvalue weighted by atomic mass is 9.90. The summed E-state index contributed by atoms with van der Waals surface area (Å²) in [4.78, 5) is 6.34. The van der Waals surface area contributed by atoms with Crippen molar-refractivity contribution in [1.29, 1.82) is 0 Å². The Kier molecular flexibility index (Phi) is 11.8. The molecule has 5 aromatic rings. The van der Waals surface area contributed by atoms with Crippen LogP contribution in [0.4, 0.5) is 13.2 Å². The fourth-order valence-electron chi connectivity index (χ4n) is 5.16. The van der Waals surface area contributed by atoms with Gasteiger partial charge in [-0.05, 0) is 46.9 Å². The zero-order valence-corrected chi connectivity index (χ0v) is 25.5. The molecule has 0 unspecified atom stereocenters. The molecular weight excluding hydrogens is 608 g/mol. The predicted octanol–water partition coefficient (Wildman–Crippen LogP) is 8.59. The van der Waals surface area contributed by atoms with E-state index in [0.29, 0.717) is 43.9 Å². The van der Waals surface area contributed by atoms with Crippen LogP contribution in [-0.4, -0.2) is 39.8 Å². The minimum Gasteiger partial charge on any atom is -0.494 e. The first-order valence-electron chi connectivity index (χ1n) is 14.1. The topological polar surface area (TPSA) is 54.0 Å². The number of nitrogens with one attached hydrogen (secondary N) is 1. The highest BCUT2D eigenvalue weighted by Gasteiger charge is 2.34. The number of aromatic nitrogens is 3. The second-order valence-electron chi connectivity index (χ2n) is 10.3. The van der Waals surface area contributed by atoms with Crippen LogP contribution in [0.15, 0.2) is 109 Å². The third-order valence-electron chi connectivity index (χ3n) is 7.24. The van der Waals surface area contributed by atoms with Crippen molar-refractivity contribution in [3.8, 4) is 5.75 Å². The number of aromatic amines is 1. The molecule has 1 aromatic heterocycles. The Labute approximate surface area is 266 Å². The first-order chi connectivity index (χ1) is 20.9. The van der Waals surface area contributed by atoms with Crippen LogP contribution in [0.3, 0.4) is 0 Å². The predicted molar refractivity (Wildman–Crippen MR) is 169 cm³/mol. The molecule has 0 spiro atoms. The van der Waals surface area contributed by atoms with Crippen molar-refractivity contribution in [3.63, 3.8) is 0 Å². The highest BCUT2D eigenvalue weighted by molar-refractivity contribution is 6.32. The number of H-pyrrole nitrogens is 1. The van der Waals surface area contributed by atoms with E-state index in [9.17, 15) is 13.2 Å². The Bertz CT molecular complexity index is 1530. The maximum absolute atomic E-state index is 13.6. The fraction of sp³-hybridized carbons (Fsp3) is 0.235. The lowest BCUT2D eigenvalue weighted by molar-refractivity contribution is -0.137. The Hall–Kier alpha value is -3.85. The third kappa shape index (κ3) is 9.08. The summed E-state index contributed by atoms with van der Waals surface area (Å²) < 4.78 is 47.0. The minimum absolute atomic E-state index is 0. The number of hydrogen-bond donors (Lipinski definition) is 1. The summed E-state index contributed by atoms with van der Waals surface area (Å²) in [7, 11) is 0. The van der Waals surface area contributed by atoms with Gasteiger partial charge in [0.25, 0.3) is 0 Å². The van der Waals surface area contributed by atoms with Crippen LogP contribution in [0.5, 0.6) is 5.75 Å². The van der Waals surface area contributed by atoms with Gasteiger partial charge in [-0.1, -0.05) is 96.5 Å². The van der Waals surface area contributed by atoms with E-state index in [-0.39, 0.29) is 29.9 Å². The van der Waals surface area contributed by atoms with Gasteiger partial charge in [0.1, 0.15) is 12.1 Å². The summed E-state index contributed by atoms with van der Waals surface area (Å²) in [5.74, 6) is 1.46. The largest absolute Gasteiger partial charge is 0.494 e. The Morgan fingerprint density at radius 3 is 2.18 bits per heavy atom. The number of nitrogens with zero attached hydrogens (tertiary/aromatic N) is 3. The molecular formula is C34H33Cl2F3N4O. The molecule has 0 saturated carbocycles. The number of alkyl halides is 3. The van der Waals surface area contributed by atoms with Gasteiger partial charge in [-0.15, -0.1) is 12.4 Å². The summed E-state index contributed by atoms with van der Waals surface area (Å²) in [5, 5.41) is 6.58. The lowest BCUT2D eigenvalue weighted by Gasteiger charge is -2.29. The summed E-state index contributed by atoms with van der Waals surface area (Å²) >= 11 is 6.33. The molecule has 0 fully saturated rings. The number of hydrogen-bond acceptors (Lipinski definition) is 4. The maximum atomic E-state index is 13.6.